The van der Waals surface area contributed by atoms with E-state index in [0.29, 0.717) is 16.3 Å². The fourth-order valence-electron chi connectivity index (χ4n) is 1.50. The molecule has 0 bridgehead atoms. The number of carboxylic acid groups (broad SMARTS) is 1. The number of carboxylic acids is 1. The van der Waals surface area contributed by atoms with Crippen molar-refractivity contribution in [2.75, 3.05) is 0 Å². The fraction of sp³-hybridized carbons (Fsp3) is 0.167. The van der Waals surface area contributed by atoms with Crippen LogP contribution in [-0.2, 0) is 11.2 Å². The van der Waals surface area contributed by atoms with E-state index in [-0.39, 0.29) is 12.2 Å². The monoisotopic (exact) mass is 303 g/mol. The minimum atomic E-state index is -4.75. The van der Waals surface area contributed by atoms with Crippen molar-refractivity contribution in [3.63, 3.8) is 0 Å². The van der Waals surface area contributed by atoms with Gasteiger partial charge in [-0.2, -0.15) is 0 Å². The van der Waals surface area contributed by atoms with Crippen LogP contribution in [0, 0.1) is 0 Å². The van der Waals surface area contributed by atoms with Crippen molar-refractivity contribution >= 4 is 17.3 Å². The summed E-state index contributed by atoms with van der Waals surface area (Å²) < 4.78 is 40.2. The number of thiazole rings is 1. The molecule has 0 fully saturated rings. The third-order valence-electron chi connectivity index (χ3n) is 2.20. The van der Waals surface area contributed by atoms with Gasteiger partial charge in [-0.25, -0.2) is 4.98 Å². The smallest absolute Gasteiger partial charge is 0.481 e. The first-order valence-electron chi connectivity index (χ1n) is 5.36. The Hall–Kier alpha value is -2.09. The summed E-state index contributed by atoms with van der Waals surface area (Å²) in [6.07, 6.45) is -4.98. The van der Waals surface area contributed by atoms with Gasteiger partial charge in [-0.3, -0.25) is 4.79 Å². The molecule has 0 radical (unpaired) electrons. The van der Waals surface area contributed by atoms with Crippen LogP contribution in [0.2, 0.25) is 0 Å². The summed E-state index contributed by atoms with van der Waals surface area (Å²) in [7, 11) is 0. The van der Waals surface area contributed by atoms with E-state index in [1.54, 1.807) is 11.4 Å². The Morgan fingerprint density at radius 3 is 2.80 bits per heavy atom. The minimum absolute atomic E-state index is 0.227. The molecule has 0 amide bonds. The number of hydrogen-bond acceptors (Lipinski definition) is 4. The van der Waals surface area contributed by atoms with Crippen molar-refractivity contribution in [1.82, 2.24) is 4.98 Å². The Kier molecular flexibility index (Phi) is 3.93. The lowest BCUT2D eigenvalue weighted by Gasteiger charge is -2.09. The molecule has 2 rings (SSSR count). The van der Waals surface area contributed by atoms with Crippen LogP contribution in [0.3, 0.4) is 0 Å². The van der Waals surface area contributed by atoms with Crippen LogP contribution in [0.4, 0.5) is 13.2 Å². The predicted octanol–water partition coefficient (Wildman–Crippen LogP) is 3.34. The van der Waals surface area contributed by atoms with Crippen molar-refractivity contribution in [1.29, 1.82) is 0 Å². The molecular formula is C12H8F3NO3S. The number of aromatic nitrogens is 1. The van der Waals surface area contributed by atoms with E-state index in [2.05, 4.69) is 9.72 Å². The number of hydrogen-bond donors (Lipinski definition) is 1. The van der Waals surface area contributed by atoms with E-state index in [4.69, 9.17) is 5.11 Å². The minimum Gasteiger partial charge on any atom is -0.481 e. The van der Waals surface area contributed by atoms with E-state index >= 15 is 0 Å². The SMILES string of the molecule is O=C(O)Cc1csc(-c2cccc(OC(F)(F)F)c2)n1. The molecule has 106 valence electrons. The molecule has 0 aliphatic heterocycles. The second kappa shape index (κ2) is 5.49. The van der Waals surface area contributed by atoms with Crippen LogP contribution < -0.4 is 4.74 Å². The van der Waals surface area contributed by atoms with Gasteiger partial charge in [-0.15, -0.1) is 24.5 Å². The number of aliphatic carboxylic acids is 1. The fourth-order valence-corrected chi connectivity index (χ4v) is 2.32. The lowest BCUT2D eigenvalue weighted by atomic mass is 10.2. The van der Waals surface area contributed by atoms with Gasteiger partial charge in [-0.1, -0.05) is 12.1 Å². The van der Waals surface area contributed by atoms with Crippen molar-refractivity contribution in [2.45, 2.75) is 12.8 Å². The summed E-state index contributed by atoms with van der Waals surface area (Å²) in [5.74, 6) is -1.36. The van der Waals surface area contributed by atoms with Crippen LogP contribution in [0.1, 0.15) is 5.69 Å². The van der Waals surface area contributed by atoms with E-state index in [1.165, 1.54) is 18.2 Å². The average molecular weight is 303 g/mol. The molecule has 2 aromatic rings. The summed E-state index contributed by atoms with van der Waals surface area (Å²) in [5, 5.41) is 10.6. The van der Waals surface area contributed by atoms with Crippen LogP contribution in [-0.4, -0.2) is 22.4 Å². The molecule has 0 saturated carbocycles. The Morgan fingerprint density at radius 2 is 2.15 bits per heavy atom. The lowest BCUT2D eigenvalue weighted by molar-refractivity contribution is -0.274. The number of rotatable bonds is 4. The summed E-state index contributed by atoms with van der Waals surface area (Å²) in [4.78, 5) is 14.6. The topological polar surface area (TPSA) is 59.4 Å². The Bertz CT molecular complexity index is 624. The Balaban J connectivity index is 2.22. The molecule has 0 saturated heterocycles. The van der Waals surface area contributed by atoms with Crippen molar-refractivity contribution in [2.24, 2.45) is 0 Å². The highest BCUT2D eigenvalue weighted by Crippen LogP contribution is 2.29. The average Bonchev–Trinajstić information content (AvgIpc) is 2.74. The molecule has 1 heterocycles. The predicted molar refractivity (Wildman–Crippen MR) is 65.6 cm³/mol. The molecule has 0 aliphatic rings. The molecule has 0 unspecified atom stereocenters. The van der Waals surface area contributed by atoms with Crippen molar-refractivity contribution < 1.29 is 27.8 Å². The molecule has 4 nitrogen and oxygen atoms in total. The zero-order valence-electron chi connectivity index (χ0n) is 9.85. The third kappa shape index (κ3) is 3.95. The lowest BCUT2D eigenvalue weighted by Crippen LogP contribution is -2.17. The summed E-state index contributed by atoms with van der Waals surface area (Å²) >= 11 is 1.16. The van der Waals surface area contributed by atoms with Gasteiger partial charge in [0.05, 0.1) is 12.1 Å². The maximum atomic E-state index is 12.1. The van der Waals surface area contributed by atoms with Gasteiger partial charge in [-0.05, 0) is 12.1 Å². The summed E-state index contributed by atoms with van der Waals surface area (Å²) in [6.45, 7) is 0. The summed E-state index contributed by atoms with van der Waals surface area (Å²) in [6, 6.07) is 5.38. The van der Waals surface area contributed by atoms with Crippen LogP contribution in [0.25, 0.3) is 10.6 Å². The normalized spacial score (nSPS) is 11.3. The standard InChI is InChI=1S/C12H8F3NO3S/c13-12(14,15)19-9-3-1-2-7(4-9)11-16-8(6-20-11)5-10(17)18/h1-4,6H,5H2,(H,17,18). The van der Waals surface area contributed by atoms with Crippen LogP contribution >= 0.6 is 11.3 Å². The van der Waals surface area contributed by atoms with E-state index in [1.807, 2.05) is 0 Å². The number of benzene rings is 1. The second-order valence-electron chi connectivity index (χ2n) is 3.79. The highest BCUT2D eigenvalue weighted by Gasteiger charge is 2.31. The van der Waals surface area contributed by atoms with Crippen LogP contribution in [0.15, 0.2) is 29.6 Å². The van der Waals surface area contributed by atoms with Crippen molar-refractivity contribution in [3.8, 4) is 16.3 Å². The van der Waals surface area contributed by atoms with Gasteiger partial charge in [0.1, 0.15) is 10.8 Å². The first kappa shape index (κ1) is 14.3. The van der Waals surface area contributed by atoms with Crippen molar-refractivity contribution in [3.05, 3.63) is 35.3 Å². The molecule has 0 atom stereocenters. The molecular weight excluding hydrogens is 295 g/mol. The molecule has 0 aliphatic carbocycles. The van der Waals surface area contributed by atoms with E-state index < -0.39 is 12.3 Å². The van der Waals surface area contributed by atoms with Gasteiger partial charge in [0.15, 0.2) is 0 Å². The number of halogens is 3. The highest BCUT2D eigenvalue weighted by molar-refractivity contribution is 7.13. The zero-order chi connectivity index (χ0) is 14.8. The van der Waals surface area contributed by atoms with Gasteiger partial charge < -0.3 is 9.84 Å². The molecule has 8 heteroatoms. The van der Waals surface area contributed by atoms with Gasteiger partial charge in [0, 0.05) is 10.9 Å². The largest absolute Gasteiger partial charge is 0.573 e. The Morgan fingerprint density at radius 1 is 1.40 bits per heavy atom. The molecule has 0 spiro atoms. The number of carbonyl (C=O) groups is 1. The second-order valence-corrected chi connectivity index (χ2v) is 4.65. The molecule has 20 heavy (non-hydrogen) atoms. The molecule has 1 aromatic carbocycles. The molecule has 1 aromatic heterocycles. The zero-order valence-corrected chi connectivity index (χ0v) is 10.7. The number of nitrogens with zero attached hydrogens (tertiary/aromatic N) is 1. The third-order valence-corrected chi connectivity index (χ3v) is 3.14. The maximum Gasteiger partial charge on any atom is 0.573 e. The summed E-state index contributed by atoms with van der Waals surface area (Å²) in [5.41, 5.74) is 0.799. The van der Waals surface area contributed by atoms with Gasteiger partial charge in [0.2, 0.25) is 0 Å². The number of alkyl halides is 3. The Labute approximate surface area is 115 Å². The van der Waals surface area contributed by atoms with Gasteiger partial charge >= 0.3 is 12.3 Å². The van der Waals surface area contributed by atoms with Gasteiger partial charge in [0.25, 0.3) is 0 Å². The highest BCUT2D eigenvalue weighted by atomic mass is 32.1. The maximum absolute atomic E-state index is 12.1. The number of ether oxygens (including phenoxy) is 1. The molecule has 1 N–H and O–H groups in total. The first-order chi connectivity index (χ1) is 9.33. The first-order valence-corrected chi connectivity index (χ1v) is 6.24. The quantitative estimate of drug-likeness (QED) is 0.941. The van der Waals surface area contributed by atoms with E-state index in [0.717, 1.165) is 11.3 Å². The van der Waals surface area contributed by atoms with Crippen LogP contribution in [0.5, 0.6) is 5.75 Å². The van der Waals surface area contributed by atoms with E-state index in [9.17, 15) is 18.0 Å².